The van der Waals surface area contributed by atoms with Crippen LogP contribution in [0, 0.1) is 6.92 Å². The Morgan fingerprint density at radius 1 is 1.17 bits per heavy atom. The molecule has 0 aliphatic carbocycles. The van der Waals surface area contributed by atoms with Crippen molar-refractivity contribution in [2.24, 2.45) is 0 Å². The van der Waals surface area contributed by atoms with E-state index in [4.69, 9.17) is 16.3 Å². The van der Waals surface area contributed by atoms with Crippen LogP contribution in [0.2, 0.25) is 5.02 Å². The van der Waals surface area contributed by atoms with Crippen molar-refractivity contribution in [2.45, 2.75) is 26.0 Å². The lowest BCUT2D eigenvalue weighted by Crippen LogP contribution is -2.35. The minimum Gasteiger partial charge on any atom is -0.486 e. The number of rotatable bonds is 9. The highest BCUT2D eigenvalue weighted by molar-refractivity contribution is 7.09. The van der Waals surface area contributed by atoms with Gasteiger partial charge in [-0.2, -0.15) is 0 Å². The van der Waals surface area contributed by atoms with Crippen LogP contribution in [0.4, 0.5) is 0 Å². The largest absolute Gasteiger partial charge is 0.486 e. The lowest BCUT2D eigenvalue weighted by molar-refractivity contribution is -0.120. The average molecular weight is 444 g/mol. The molecule has 0 aliphatic rings. The minimum atomic E-state index is -0.0376. The van der Waals surface area contributed by atoms with Crippen LogP contribution in [-0.4, -0.2) is 36.4 Å². The van der Waals surface area contributed by atoms with E-state index >= 15 is 0 Å². The summed E-state index contributed by atoms with van der Waals surface area (Å²) in [6.45, 7) is 2.98. The maximum absolute atomic E-state index is 12.4. The summed E-state index contributed by atoms with van der Waals surface area (Å²) >= 11 is 7.37. The molecule has 5 nitrogen and oxygen atoms in total. The van der Waals surface area contributed by atoms with Gasteiger partial charge in [-0.25, -0.2) is 4.98 Å². The molecule has 1 unspecified atom stereocenters. The van der Waals surface area contributed by atoms with Gasteiger partial charge in [0.2, 0.25) is 5.91 Å². The first kappa shape index (κ1) is 22.3. The summed E-state index contributed by atoms with van der Waals surface area (Å²) in [4.78, 5) is 19.1. The van der Waals surface area contributed by atoms with Gasteiger partial charge in [0.15, 0.2) is 0 Å². The van der Waals surface area contributed by atoms with Gasteiger partial charge in [-0.15, -0.1) is 11.3 Å². The number of likely N-dealkylation sites (N-methyl/N-ethyl adjacent to an activating group) is 1. The molecule has 0 bridgehead atoms. The quantitative estimate of drug-likeness (QED) is 0.523. The Bertz CT molecular complexity index is 955. The van der Waals surface area contributed by atoms with Crippen LogP contribution >= 0.6 is 22.9 Å². The Morgan fingerprint density at radius 3 is 2.53 bits per heavy atom. The Balaban J connectivity index is 1.49. The predicted octanol–water partition coefficient (Wildman–Crippen LogP) is 4.65. The first-order valence-corrected chi connectivity index (χ1v) is 11.0. The zero-order valence-corrected chi connectivity index (χ0v) is 19.0. The molecular weight excluding hydrogens is 418 g/mol. The Morgan fingerprint density at radius 2 is 1.87 bits per heavy atom. The molecule has 1 aromatic heterocycles. The van der Waals surface area contributed by atoms with Crippen LogP contribution in [0.1, 0.15) is 27.9 Å². The van der Waals surface area contributed by atoms with E-state index in [0.29, 0.717) is 18.2 Å². The van der Waals surface area contributed by atoms with Gasteiger partial charge in [-0.3, -0.25) is 4.79 Å². The third kappa shape index (κ3) is 6.55. The van der Waals surface area contributed by atoms with Gasteiger partial charge in [0.25, 0.3) is 0 Å². The molecule has 7 heteroatoms. The van der Waals surface area contributed by atoms with Crippen LogP contribution in [0.25, 0.3) is 0 Å². The fourth-order valence-electron chi connectivity index (χ4n) is 3.00. The summed E-state index contributed by atoms with van der Waals surface area (Å²) in [7, 11) is 4.04. The Kier molecular flexibility index (Phi) is 7.85. The van der Waals surface area contributed by atoms with Crippen molar-refractivity contribution in [3.63, 3.8) is 0 Å². The second-order valence-electron chi connectivity index (χ2n) is 7.35. The highest BCUT2D eigenvalue weighted by Gasteiger charge is 2.16. The van der Waals surface area contributed by atoms with Crippen LogP contribution in [0.15, 0.2) is 53.9 Å². The van der Waals surface area contributed by atoms with Gasteiger partial charge in [0.05, 0.1) is 18.2 Å². The molecule has 3 rings (SSSR count). The van der Waals surface area contributed by atoms with Crippen molar-refractivity contribution in [2.75, 3.05) is 20.6 Å². The zero-order valence-electron chi connectivity index (χ0n) is 17.4. The molecule has 0 aliphatic heterocycles. The van der Waals surface area contributed by atoms with Crippen molar-refractivity contribution in [1.82, 2.24) is 15.2 Å². The van der Waals surface area contributed by atoms with Crippen molar-refractivity contribution < 1.29 is 9.53 Å². The van der Waals surface area contributed by atoms with Gasteiger partial charge < -0.3 is 15.0 Å². The molecule has 30 heavy (non-hydrogen) atoms. The second-order valence-corrected chi connectivity index (χ2v) is 8.73. The maximum Gasteiger partial charge on any atom is 0.226 e. The number of aromatic nitrogens is 1. The standard InChI is InChI=1S/C23H26ClN3O2S/c1-16-4-6-17(7-5-16)21(27(2)3)13-25-22(28)12-19-15-30-23(26-19)14-29-20-10-8-18(24)9-11-20/h4-11,15,21H,12-14H2,1-3H3,(H,25,28). The first-order chi connectivity index (χ1) is 14.4. The molecule has 3 aromatic rings. The molecule has 2 aromatic carbocycles. The molecular formula is C23H26ClN3O2S. The summed E-state index contributed by atoms with van der Waals surface area (Å²) in [5, 5.41) is 6.45. The van der Waals surface area contributed by atoms with E-state index in [2.05, 4.69) is 46.4 Å². The second kappa shape index (κ2) is 10.6. The summed E-state index contributed by atoms with van der Waals surface area (Å²) in [6, 6.07) is 15.7. The molecule has 158 valence electrons. The van der Waals surface area contributed by atoms with E-state index < -0.39 is 0 Å². The molecule has 0 saturated carbocycles. The number of hydrogen-bond donors (Lipinski definition) is 1. The molecule has 0 spiro atoms. The average Bonchev–Trinajstić information content (AvgIpc) is 3.16. The van der Waals surface area contributed by atoms with Crippen molar-refractivity contribution in [3.05, 3.63) is 80.8 Å². The van der Waals surface area contributed by atoms with Crippen molar-refractivity contribution in [1.29, 1.82) is 0 Å². The SMILES string of the molecule is Cc1ccc(C(CNC(=O)Cc2csc(COc3ccc(Cl)cc3)n2)N(C)C)cc1. The normalized spacial score (nSPS) is 12.0. The highest BCUT2D eigenvalue weighted by atomic mass is 35.5. The molecule has 0 radical (unpaired) electrons. The van der Waals surface area contributed by atoms with E-state index in [1.165, 1.54) is 22.5 Å². The Hall–Kier alpha value is -2.41. The maximum atomic E-state index is 12.4. The van der Waals surface area contributed by atoms with Crippen LogP contribution in [0.3, 0.4) is 0 Å². The van der Waals surface area contributed by atoms with E-state index in [1.807, 2.05) is 31.6 Å². The number of carbonyl (C=O) groups excluding carboxylic acids is 1. The lowest BCUT2D eigenvalue weighted by Gasteiger charge is -2.25. The topological polar surface area (TPSA) is 54.5 Å². The number of thiazole rings is 1. The highest BCUT2D eigenvalue weighted by Crippen LogP contribution is 2.19. The van der Waals surface area contributed by atoms with Gasteiger partial charge in [0, 0.05) is 16.9 Å². The summed E-state index contributed by atoms with van der Waals surface area (Å²) in [5.74, 6) is 0.698. The van der Waals surface area contributed by atoms with E-state index in [1.54, 1.807) is 12.1 Å². The number of ether oxygens (including phenoxy) is 1. The van der Waals surface area contributed by atoms with Crippen LogP contribution in [-0.2, 0) is 17.8 Å². The van der Waals surface area contributed by atoms with E-state index in [-0.39, 0.29) is 18.4 Å². The number of amides is 1. The molecule has 1 N–H and O–H groups in total. The number of nitrogens with one attached hydrogen (secondary N) is 1. The third-order valence-electron chi connectivity index (χ3n) is 4.69. The first-order valence-electron chi connectivity index (χ1n) is 9.72. The van der Waals surface area contributed by atoms with Gasteiger partial charge >= 0.3 is 0 Å². The molecule has 1 heterocycles. The Labute approximate surface area is 186 Å². The molecule has 1 atom stereocenters. The number of benzene rings is 2. The van der Waals surface area contributed by atoms with Gasteiger partial charge in [-0.05, 0) is 50.8 Å². The van der Waals surface area contributed by atoms with Crippen LogP contribution < -0.4 is 10.1 Å². The third-order valence-corrected chi connectivity index (χ3v) is 5.82. The predicted molar refractivity (Wildman–Crippen MR) is 122 cm³/mol. The molecule has 0 saturated heterocycles. The van der Waals surface area contributed by atoms with Crippen molar-refractivity contribution >= 4 is 28.8 Å². The van der Waals surface area contributed by atoms with E-state index in [0.717, 1.165) is 16.5 Å². The van der Waals surface area contributed by atoms with Gasteiger partial charge in [-0.1, -0.05) is 41.4 Å². The smallest absolute Gasteiger partial charge is 0.226 e. The number of aryl methyl sites for hydroxylation is 1. The zero-order chi connectivity index (χ0) is 21.5. The monoisotopic (exact) mass is 443 g/mol. The fraction of sp³-hybridized carbons (Fsp3) is 0.304. The number of hydrogen-bond acceptors (Lipinski definition) is 5. The van der Waals surface area contributed by atoms with Crippen molar-refractivity contribution in [3.8, 4) is 5.75 Å². The van der Waals surface area contributed by atoms with Gasteiger partial charge in [0.1, 0.15) is 17.4 Å². The lowest BCUT2D eigenvalue weighted by atomic mass is 10.0. The number of halogens is 1. The molecule has 1 amide bonds. The summed E-state index contributed by atoms with van der Waals surface area (Å²) in [5.41, 5.74) is 3.16. The molecule has 0 fully saturated rings. The van der Waals surface area contributed by atoms with E-state index in [9.17, 15) is 4.79 Å². The number of nitrogens with zero attached hydrogens (tertiary/aromatic N) is 2. The summed E-state index contributed by atoms with van der Waals surface area (Å²) in [6.07, 6.45) is 0.255. The minimum absolute atomic E-state index is 0.0376. The fourth-order valence-corrected chi connectivity index (χ4v) is 3.83. The summed E-state index contributed by atoms with van der Waals surface area (Å²) < 4.78 is 5.71. The van der Waals surface area contributed by atoms with Crippen LogP contribution in [0.5, 0.6) is 5.75 Å². The number of carbonyl (C=O) groups is 1.